The Morgan fingerprint density at radius 2 is 1.51 bits per heavy atom. The molecule has 5 rings (SSSR count). The van der Waals surface area contributed by atoms with Crippen LogP contribution >= 0.6 is 23.2 Å². The number of nitro benzene ring substituents is 1. The quantitative estimate of drug-likeness (QED) is 0.0591. The molecule has 0 radical (unpaired) electrons. The number of hydrogen-bond acceptors (Lipinski definition) is 13. The van der Waals surface area contributed by atoms with E-state index >= 15 is 0 Å². The number of ether oxygens (including phenoxy) is 8. The van der Waals surface area contributed by atoms with Gasteiger partial charge < -0.3 is 37.9 Å². The van der Waals surface area contributed by atoms with Crippen molar-refractivity contribution >= 4 is 52.2 Å². The van der Waals surface area contributed by atoms with Gasteiger partial charge in [0, 0.05) is 17.1 Å². The fourth-order valence-corrected chi connectivity index (χ4v) is 6.46. The molecular weight excluding hydrogens is 711 g/mol. The summed E-state index contributed by atoms with van der Waals surface area (Å²) in [5, 5.41) is 11.8. The van der Waals surface area contributed by atoms with E-state index in [0.717, 1.165) is 0 Å². The molecule has 51 heavy (non-hydrogen) atoms. The van der Waals surface area contributed by atoms with E-state index in [1.54, 1.807) is 12.1 Å². The first-order valence-corrected chi connectivity index (χ1v) is 15.8. The van der Waals surface area contributed by atoms with Crippen LogP contribution in [0.15, 0.2) is 63.1 Å². The van der Waals surface area contributed by atoms with Gasteiger partial charge >= 0.3 is 6.16 Å². The summed E-state index contributed by atoms with van der Waals surface area (Å²) in [6.45, 7) is 2.94. The van der Waals surface area contributed by atoms with Gasteiger partial charge in [-0.05, 0) is 35.9 Å². The molecule has 0 N–H and O–H groups in total. The smallest absolute Gasteiger partial charge is 0.493 e. The van der Waals surface area contributed by atoms with Crippen molar-refractivity contribution in [2.24, 2.45) is 4.99 Å². The number of halogens is 2. The maximum absolute atomic E-state index is 13.1. The van der Waals surface area contributed by atoms with Crippen LogP contribution in [0.3, 0.4) is 0 Å². The highest BCUT2D eigenvalue weighted by molar-refractivity contribution is 6.58. The third-order valence-electron chi connectivity index (χ3n) is 8.25. The summed E-state index contributed by atoms with van der Waals surface area (Å²) in [5.74, 6) is 0.624. The van der Waals surface area contributed by atoms with Gasteiger partial charge in [0.2, 0.25) is 5.78 Å². The van der Waals surface area contributed by atoms with Crippen LogP contribution in [-0.4, -0.2) is 58.1 Å². The Hall–Kier alpha value is -5.47. The lowest BCUT2D eigenvalue weighted by Gasteiger charge is -2.36. The molecule has 16 heteroatoms. The van der Waals surface area contributed by atoms with Crippen molar-refractivity contribution in [1.29, 1.82) is 0 Å². The molecule has 0 atom stereocenters. The minimum Gasteiger partial charge on any atom is -0.493 e. The summed E-state index contributed by atoms with van der Waals surface area (Å²) in [6, 6.07) is 8.95. The second-order valence-corrected chi connectivity index (χ2v) is 12.2. The fourth-order valence-electron chi connectivity index (χ4n) is 5.78. The summed E-state index contributed by atoms with van der Waals surface area (Å²) in [4.78, 5) is 41.6. The average Bonchev–Trinajstić information content (AvgIpc) is 3.11. The molecule has 2 aliphatic rings. The van der Waals surface area contributed by atoms with E-state index in [4.69, 9.17) is 61.1 Å². The lowest BCUT2D eigenvalue weighted by Crippen LogP contribution is -2.32. The first kappa shape index (κ1) is 36.8. The Labute approximate surface area is 302 Å². The standard InChI is InChI=1S/C35H32Cl2N2O12/c1-35(2)20-11-18(8-9-22(20)38-23-12-21(36)31(40)30(37)29(23)35)51-34(41)50-16-19-32(48-7)27(46-5)14-28(47-6)33(19)49-15-17-10-25(44-3)26(45-4)13-24(17)39(42)43/h8-14H,15-16H2,1-7H3. The molecule has 0 saturated heterocycles. The van der Waals surface area contributed by atoms with Crippen molar-refractivity contribution in [3.8, 4) is 40.2 Å². The van der Waals surface area contributed by atoms with E-state index in [1.165, 1.54) is 65.9 Å². The zero-order valence-corrected chi connectivity index (χ0v) is 30.0. The summed E-state index contributed by atoms with van der Waals surface area (Å²) in [5.41, 5.74) is 1.42. The highest BCUT2D eigenvalue weighted by atomic mass is 35.5. The fraction of sp³-hybridized carbons (Fsp3) is 0.286. The summed E-state index contributed by atoms with van der Waals surface area (Å²) >= 11 is 12.5. The van der Waals surface area contributed by atoms with E-state index in [0.29, 0.717) is 22.5 Å². The van der Waals surface area contributed by atoms with Gasteiger partial charge in [0.15, 0.2) is 34.5 Å². The highest BCUT2D eigenvalue weighted by Gasteiger charge is 2.40. The van der Waals surface area contributed by atoms with Crippen molar-refractivity contribution in [1.82, 2.24) is 0 Å². The van der Waals surface area contributed by atoms with Crippen LogP contribution in [0.1, 0.15) is 30.5 Å². The Bertz CT molecular complexity index is 2040. The molecule has 3 aromatic carbocycles. The largest absolute Gasteiger partial charge is 0.514 e. The number of carbonyl (C=O) groups excluding carboxylic acids is 2. The number of nitrogens with zero attached hydrogens (tertiary/aromatic N) is 2. The third-order valence-corrected chi connectivity index (χ3v) is 8.89. The minimum absolute atomic E-state index is 0.0365. The predicted molar refractivity (Wildman–Crippen MR) is 186 cm³/mol. The molecule has 0 amide bonds. The number of methoxy groups -OCH3 is 5. The molecule has 0 aromatic heterocycles. The average molecular weight is 744 g/mol. The highest BCUT2D eigenvalue weighted by Crippen LogP contribution is 2.49. The number of nitro groups is 1. The number of carbonyl (C=O) groups is 2. The number of benzene rings is 3. The van der Waals surface area contributed by atoms with Gasteiger partial charge in [0.25, 0.3) is 5.69 Å². The third kappa shape index (κ3) is 6.97. The van der Waals surface area contributed by atoms with Gasteiger partial charge in [-0.1, -0.05) is 37.0 Å². The second-order valence-electron chi connectivity index (χ2n) is 11.5. The number of rotatable bonds is 12. The van der Waals surface area contributed by atoms with Crippen LogP contribution < -0.4 is 33.2 Å². The number of fused-ring (bicyclic) bond motifs is 2. The SMILES string of the molecule is COc1cc(COc2c(OC)cc(OC)c(OC)c2COC(=O)Oc2ccc3c(c2)C(C)(C)C2=C(Cl)C(=O)C(Cl)=CC2=N3)c([N+](=O)[O-])cc1OC. The molecule has 0 bridgehead atoms. The normalized spacial score (nSPS) is 14.3. The zero-order valence-electron chi connectivity index (χ0n) is 28.5. The van der Waals surface area contributed by atoms with Crippen molar-refractivity contribution in [2.45, 2.75) is 32.5 Å². The molecule has 268 valence electrons. The molecule has 14 nitrogen and oxygen atoms in total. The van der Waals surface area contributed by atoms with E-state index in [1.807, 2.05) is 13.8 Å². The number of ketones is 1. The van der Waals surface area contributed by atoms with Crippen molar-refractivity contribution in [3.05, 3.63) is 84.9 Å². The summed E-state index contributed by atoms with van der Waals surface area (Å²) in [6.07, 6.45) is 0.393. The van der Waals surface area contributed by atoms with E-state index < -0.39 is 28.9 Å². The lowest BCUT2D eigenvalue weighted by molar-refractivity contribution is -0.385. The summed E-state index contributed by atoms with van der Waals surface area (Å²) in [7, 11) is 6.93. The zero-order chi connectivity index (χ0) is 37.2. The molecule has 0 unspecified atom stereocenters. The van der Waals surface area contributed by atoms with Crippen LogP contribution in [0.4, 0.5) is 16.2 Å². The second kappa shape index (κ2) is 14.8. The number of allylic oxidation sites excluding steroid dienone is 4. The van der Waals surface area contributed by atoms with E-state index in [2.05, 4.69) is 4.99 Å². The first-order chi connectivity index (χ1) is 24.3. The summed E-state index contributed by atoms with van der Waals surface area (Å²) < 4.78 is 44.3. The Morgan fingerprint density at radius 3 is 2.14 bits per heavy atom. The van der Waals surface area contributed by atoms with Gasteiger partial charge in [0.1, 0.15) is 19.0 Å². The van der Waals surface area contributed by atoms with Crippen molar-refractivity contribution < 1.29 is 52.4 Å². The van der Waals surface area contributed by atoms with Gasteiger partial charge in [-0.2, -0.15) is 0 Å². The molecule has 0 fully saturated rings. The van der Waals surface area contributed by atoms with Crippen LogP contribution in [0.2, 0.25) is 0 Å². The van der Waals surface area contributed by atoms with E-state index in [-0.39, 0.29) is 73.7 Å². The number of Topliss-reactive ketones (excluding diaryl/α,β-unsaturated/α-hetero) is 1. The maximum Gasteiger partial charge on any atom is 0.514 e. The molecule has 0 spiro atoms. The Morgan fingerprint density at radius 1 is 0.863 bits per heavy atom. The molecule has 1 heterocycles. The first-order valence-electron chi connectivity index (χ1n) is 15.0. The topological polar surface area (TPSA) is 163 Å². The van der Waals surface area contributed by atoms with E-state index in [9.17, 15) is 19.7 Å². The van der Waals surface area contributed by atoms with Gasteiger partial charge in [-0.3, -0.25) is 14.9 Å². The van der Waals surface area contributed by atoms with Crippen LogP contribution in [0, 0.1) is 10.1 Å². The maximum atomic E-state index is 13.1. The monoisotopic (exact) mass is 742 g/mol. The van der Waals surface area contributed by atoms with Gasteiger partial charge in [0.05, 0.1) is 79.1 Å². The minimum atomic E-state index is -1.09. The Kier molecular flexibility index (Phi) is 10.7. The van der Waals surface area contributed by atoms with Gasteiger partial charge in [-0.15, -0.1) is 0 Å². The number of hydrogen-bond donors (Lipinski definition) is 0. The van der Waals surface area contributed by atoms with Crippen LogP contribution in [0.5, 0.6) is 40.2 Å². The molecule has 3 aromatic rings. The van der Waals surface area contributed by atoms with Crippen molar-refractivity contribution in [3.63, 3.8) is 0 Å². The molecule has 1 aliphatic heterocycles. The number of aliphatic imine (C=N–C) groups is 1. The van der Waals surface area contributed by atoms with Gasteiger partial charge in [-0.25, -0.2) is 9.79 Å². The lowest BCUT2D eigenvalue weighted by atomic mass is 9.71. The molecule has 1 aliphatic carbocycles. The van der Waals surface area contributed by atoms with Crippen molar-refractivity contribution in [2.75, 3.05) is 35.5 Å². The molecular formula is C35H32Cl2N2O12. The Balaban J connectivity index is 1.43. The van der Waals surface area contributed by atoms with Crippen LogP contribution in [-0.2, 0) is 28.2 Å². The van der Waals surface area contributed by atoms with Crippen LogP contribution in [0.25, 0.3) is 0 Å². The predicted octanol–water partition coefficient (Wildman–Crippen LogP) is 7.49. The molecule has 0 saturated carbocycles.